The van der Waals surface area contributed by atoms with Gasteiger partial charge in [-0.15, -0.1) is 0 Å². The minimum absolute atomic E-state index is 0.0970. The van der Waals surface area contributed by atoms with Gasteiger partial charge in [0.15, 0.2) is 11.3 Å². The minimum atomic E-state index is -0.121. The number of amides is 1. The molecule has 4 aromatic rings. The number of carbonyl (C=O) groups is 1. The van der Waals surface area contributed by atoms with Gasteiger partial charge in [0.05, 0.1) is 24.4 Å². The van der Waals surface area contributed by atoms with Crippen LogP contribution < -0.4 is 4.74 Å². The standard InChI is InChI=1S/C23H20ClN5O2/c1-14-19-10-16(18-4-3-8-25-22(18)31-2)6-5-15(19)7-9-28(14)23(30)20-11-21-26-12-17(24)13-29(21)27-20/h3-6,8,10-14H,7,9H2,1-2H3. The number of nitrogens with zero attached hydrogens (tertiary/aromatic N) is 5. The molecule has 156 valence electrons. The van der Waals surface area contributed by atoms with Crippen LogP contribution in [-0.2, 0) is 6.42 Å². The predicted molar refractivity (Wildman–Crippen MR) is 117 cm³/mol. The average Bonchev–Trinajstić information content (AvgIpc) is 3.22. The quantitative estimate of drug-likeness (QED) is 0.484. The van der Waals surface area contributed by atoms with Crippen LogP contribution in [0.5, 0.6) is 5.88 Å². The van der Waals surface area contributed by atoms with Crippen LogP contribution in [0.15, 0.2) is 55.0 Å². The van der Waals surface area contributed by atoms with E-state index in [0.717, 1.165) is 23.1 Å². The van der Waals surface area contributed by atoms with E-state index >= 15 is 0 Å². The third-order valence-electron chi connectivity index (χ3n) is 5.72. The van der Waals surface area contributed by atoms with E-state index in [1.165, 1.54) is 10.1 Å². The van der Waals surface area contributed by atoms with Crippen LogP contribution in [0.25, 0.3) is 16.8 Å². The number of carbonyl (C=O) groups excluding carboxylic acids is 1. The maximum absolute atomic E-state index is 13.3. The Kier molecular flexibility index (Phi) is 4.82. The molecule has 1 aromatic carbocycles. The number of hydrogen-bond acceptors (Lipinski definition) is 5. The van der Waals surface area contributed by atoms with Crippen molar-refractivity contribution in [3.05, 3.63) is 76.8 Å². The summed E-state index contributed by atoms with van der Waals surface area (Å²) in [6.45, 7) is 2.68. The van der Waals surface area contributed by atoms with Crippen LogP contribution in [0.4, 0.5) is 0 Å². The highest BCUT2D eigenvalue weighted by Crippen LogP contribution is 2.35. The highest BCUT2D eigenvalue weighted by molar-refractivity contribution is 6.30. The molecule has 1 unspecified atom stereocenters. The van der Waals surface area contributed by atoms with Crippen molar-refractivity contribution in [1.82, 2.24) is 24.5 Å². The second-order valence-corrected chi connectivity index (χ2v) is 7.94. The molecule has 0 bridgehead atoms. The van der Waals surface area contributed by atoms with E-state index in [9.17, 15) is 4.79 Å². The van der Waals surface area contributed by atoms with Gasteiger partial charge in [-0.25, -0.2) is 14.5 Å². The second kappa shape index (κ2) is 7.67. The fourth-order valence-corrected chi connectivity index (χ4v) is 4.28. The number of fused-ring (bicyclic) bond motifs is 2. The molecule has 1 aliphatic rings. The van der Waals surface area contributed by atoms with Crippen molar-refractivity contribution in [2.75, 3.05) is 13.7 Å². The Morgan fingerprint density at radius 1 is 1.23 bits per heavy atom. The van der Waals surface area contributed by atoms with Crippen LogP contribution in [0, 0.1) is 0 Å². The lowest BCUT2D eigenvalue weighted by Crippen LogP contribution is -2.39. The summed E-state index contributed by atoms with van der Waals surface area (Å²) in [5.41, 5.74) is 5.24. The Balaban J connectivity index is 1.49. The Morgan fingerprint density at radius 3 is 2.94 bits per heavy atom. The van der Waals surface area contributed by atoms with Gasteiger partial charge in [-0.1, -0.05) is 23.7 Å². The maximum Gasteiger partial charge on any atom is 0.274 e. The van der Waals surface area contributed by atoms with Gasteiger partial charge >= 0.3 is 0 Å². The molecule has 0 spiro atoms. The van der Waals surface area contributed by atoms with Gasteiger partial charge in [0.2, 0.25) is 5.88 Å². The molecule has 0 saturated carbocycles. The molecule has 0 aliphatic carbocycles. The molecule has 1 atom stereocenters. The van der Waals surface area contributed by atoms with Gasteiger partial charge in [-0.2, -0.15) is 5.10 Å². The van der Waals surface area contributed by atoms with Crippen LogP contribution in [-0.4, -0.2) is 44.0 Å². The average molecular weight is 434 g/mol. The van der Waals surface area contributed by atoms with Crippen molar-refractivity contribution in [3.63, 3.8) is 0 Å². The van der Waals surface area contributed by atoms with Crippen molar-refractivity contribution in [2.24, 2.45) is 0 Å². The minimum Gasteiger partial charge on any atom is -0.481 e. The first-order valence-corrected chi connectivity index (χ1v) is 10.4. The molecule has 0 N–H and O–H groups in total. The predicted octanol–water partition coefficient (Wildman–Crippen LogP) is 4.21. The van der Waals surface area contributed by atoms with Gasteiger partial charge in [0, 0.05) is 30.6 Å². The third kappa shape index (κ3) is 3.41. The second-order valence-electron chi connectivity index (χ2n) is 7.50. The molecular weight excluding hydrogens is 414 g/mol. The number of hydrogen-bond donors (Lipinski definition) is 0. The number of aromatic nitrogens is 4. The van der Waals surface area contributed by atoms with Crippen molar-refractivity contribution >= 4 is 23.2 Å². The summed E-state index contributed by atoms with van der Waals surface area (Å²) in [4.78, 5) is 23.7. The number of pyridine rings is 1. The summed E-state index contributed by atoms with van der Waals surface area (Å²) in [7, 11) is 1.62. The first kappa shape index (κ1) is 19.5. The highest BCUT2D eigenvalue weighted by atomic mass is 35.5. The molecule has 7 nitrogen and oxygen atoms in total. The summed E-state index contributed by atoms with van der Waals surface area (Å²) in [5.74, 6) is 0.457. The molecule has 3 aromatic heterocycles. The summed E-state index contributed by atoms with van der Waals surface area (Å²) >= 11 is 5.99. The Morgan fingerprint density at radius 2 is 2.10 bits per heavy atom. The zero-order valence-corrected chi connectivity index (χ0v) is 17.9. The van der Waals surface area contributed by atoms with E-state index in [2.05, 4.69) is 33.3 Å². The summed E-state index contributed by atoms with van der Waals surface area (Å²) in [6.07, 6.45) is 5.68. The van der Waals surface area contributed by atoms with Crippen LogP contribution in [0.1, 0.15) is 34.6 Å². The largest absolute Gasteiger partial charge is 0.481 e. The van der Waals surface area contributed by atoms with Crippen LogP contribution in [0.2, 0.25) is 5.02 Å². The summed E-state index contributed by atoms with van der Waals surface area (Å²) in [5, 5.41) is 4.85. The number of halogens is 1. The van der Waals surface area contributed by atoms with Crippen molar-refractivity contribution in [2.45, 2.75) is 19.4 Å². The zero-order valence-electron chi connectivity index (χ0n) is 17.1. The molecule has 5 rings (SSSR count). The fourth-order valence-electron chi connectivity index (χ4n) is 4.14. The van der Waals surface area contributed by atoms with Gasteiger partial charge in [0.25, 0.3) is 5.91 Å². The van der Waals surface area contributed by atoms with E-state index in [0.29, 0.717) is 28.8 Å². The van der Waals surface area contributed by atoms with E-state index in [1.54, 1.807) is 31.8 Å². The highest BCUT2D eigenvalue weighted by Gasteiger charge is 2.30. The molecule has 0 fully saturated rings. The molecule has 0 saturated heterocycles. The molecule has 8 heteroatoms. The van der Waals surface area contributed by atoms with Gasteiger partial charge in [-0.3, -0.25) is 4.79 Å². The zero-order chi connectivity index (χ0) is 21.5. The summed E-state index contributed by atoms with van der Waals surface area (Å²) < 4.78 is 6.96. The number of methoxy groups -OCH3 is 1. The Hall–Kier alpha value is -3.45. The Bertz CT molecular complexity index is 1300. The van der Waals surface area contributed by atoms with E-state index in [1.807, 2.05) is 24.0 Å². The van der Waals surface area contributed by atoms with Crippen molar-refractivity contribution in [1.29, 1.82) is 0 Å². The number of benzene rings is 1. The van der Waals surface area contributed by atoms with Crippen LogP contribution >= 0.6 is 11.6 Å². The lowest BCUT2D eigenvalue weighted by Gasteiger charge is -2.35. The number of ether oxygens (including phenoxy) is 1. The SMILES string of the molecule is COc1ncccc1-c1ccc2c(c1)C(C)N(C(=O)c1cc3ncc(Cl)cn3n1)CC2. The molecule has 1 aliphatic heterocycles. The third-order valence-corrected chi connectivity index (χ3v) is 5.92. The van der Waals surface area contributed by atoms with Crippen LogP contribution in [0.3, 0.4) is 0 Å². The smallest absolute Gasteiger partial charge is 0.274 e. The lowest BCUT2D eigenvalue weighted by molar-refractivity contribution is 0.0671. The van der Waals surface area contributed by atoms with E-state index in [4.69, 9.17) is 16.3 Å². The maximum atomic E-state index is 13.3. The van der Waals surface area contributed by atoms with E-state index in [-0.39, 0.29) is 11.9 Å². The Labute approximate surface area is 184 Å². The van der Waals surface area contributed by atoms with E-state index < -0.39 is 0 Å². The first-order chi connectivity index (χ1) is 15.0. The lowest BCUT2D eigenvalue weighted by atomic mass is 9.90. The monoisotopic (exact) mass is 433 g/mol. The fraction of sp³-hybridized carbons (Fsp3) is 0.217. The number of rotatable bonds is 3. The van der Waals surface area contributed by atoms with Gasteiger partial charge < -0.3 is 9.64 Å². The topological polar surface area (TPSA) is 72.6 Å². The van der Waals surface area contributed by atoms with Gasteiger partial charge in [-0.05, 0) is 48.2 Å². The molecule has 4 heterocycles. The van der Waals surface area contributed by atoms with Gasteiger partial charge in [0.1, 0.15) is 0 Å². The molecular formula is C23H20ClN5O2. The molecule has 0 radical (unpaired) electrons. The summed E-state index contributed by atoms with van der Waals surface area (Å²) in [6, 6.07) is 11.8. The molecule has 31 heavy (non-hydrogen) atoms. The molecule has 1 amide bonds. The normalized spacial score (nSPS) is 15.7. The van der Waals surface area contributed by atoms with Crippen molar-refractivity contribution in [3.8, 4) is 17.0 Å². The first-order valence-electron chi connectivity index (χ1n) is 9.99. The van der Waals surface area contributed by atoms with Crippen molar-refractivity contribution < 1.29 is 9.53 Å².